The van der Waals surface area contributed by atoms with Crippen molar-refractivity contribution in [2.75, 3.05) is 0 Å². The molecule has 0 aliphatic carbocycles. The molecule has 4 nitrogen and oxygen atoms in total. The lowest BCUT2D eigenvalue weighted by Crippen LogP contribution is -1.94. The molecule has 0 atom stereocenters. The van der Waals surface area contributed by atoms with Crippen LogP contribution in [0.5, 0.6) is 5.75 Å². The number of halogens is 2. The minimum Gasteiger partial charge on any atom is -0.505 e. The summed E-state index contributed by atoms with van der Waals surface area (Å²) in [5.41, 5.74) is 1.78. The molecular weight excluding hydrogens is 257 g/mol. The number of rotatable bonds is 1. The van der Waals surface area contributed by atoms with Gasteiger partial charge in [-0.2, -0.15) is 5.10 Å². The summed E-state index contributed by atoms with van der Waals surface area (Å²) in [6.45, 7) is 0. The maximum absolute atomic E-state index is 13.3. The van der Waals surface area contributed by atoms with Crippen LogP contribution < -0.4 is 0 Å². The fourth-order valence-electron chi connectivity index (χ4n) is 1.71. The van der Waals surface area contributed by atoms with Crippen LogP contribution in [0.25, 0.3) is 16.9 Å². The Morgan fingerprint density at radius 1 is 1.22 bits per heavy atom. The first-order chi connectivity index (χ1) is 8.65. The molecule has 0 saturated carbocycles. The van der Waals surface area contributed by atoms with Gasteiger partial charge >= 0.3 is 0 Å². The van der Waals surface area contributed by atoms with Crippen LogP contribution in [0.2, 0.25) is 5.15 Å². The van der Waals surface area contributed by atoms with Gasteiger partial charge in [-0.1, -0.05) is 11.6 Å². The van der Waals surface area contributed by atoms with Gasteiger partial charge in [-0.15, -0.1) is 0 Å². The molecule has 0 amide bonds. The first-order valence-electron chi connectivity index (χ1n) is 5.14. The third-order valence-electron chi connectivity index (χ3n) is 2.57. The second kappa shape index (κ2) is 3.96. The Morgan fingerprint density at radius 3 is 2.83 bits per heavy atom. The Kier molecular flexibility index (Phi) is 2.41. The molecule has 1 aromatic carbocycles. The lowest BCUT2D eigenvalue weighted by atomic mass is 10.1. The van der Waals surface area contributed by atoms with E-state index in [2.05, 4.69) is 10.1 Å². The Labute approximate surface area is 106 Å². The first-order valence-corrected chi connectivity index (χ1v) is 5.52. The second-order valence-corrected chi connectivity index (χ2v) is 4.12. The molecule has 0 aliphatic rings. The highest BCUT2D eigenvalue weighted by Gasteiger charge is 2.10. The van der Waals surface area contributed by atoms with E-state index < -0.39 is 11.6 Å². The van der Waals surface area contributed by atoms with Gasteiger partial charge in [0.1, 0.15) is 5.15 Å². The fourth-order valence-corrected chi connectivity index (χ4v) is 1.85. The highest BCUT2D eigenvalue weighted by Crippen LogP contribution is 2.25. The first kappa shape index (κ1) is 11.0. The maximum Gasteiger partial charge on any atom is 0.165 e. The minimum absolute atomic E-state index is 0.320. The zero-order valence-electron chi connectivity index (χ0n) is 9.01. The van der Waals surface area contributed by atoms with E-state index in [9.17, 15) is 4.39 Å². The Balaban J connectivity index is 2.24. The van der Waals surface area contributed by atoms with Gasteiger partial charge in [-0.3, -0.25) is 0 Å². The fraction of sp³-hybridized carbons (Fsp3) is 0. The van der Waals surface area contributed by atoms with Crippen LogP contribution in [-0.4, -0.2) is 19.7 Å². The van der Waals surface area contributed by atoms with Crippen molar-refractivity contribution in [2.24, 2.45) is 0 Å². The highest BCUT2D eigenvalue weighted by molar-refractivity contribution is 6.29. The van der Waals surface area contributed by atoms with E-state index in [4.69, 9.17) is 16.7 Å². The number of aromatic hydroxyl groups is 1. The number of phenols is 1. The summed E-state index contributed by atoms with van der Waals surface area (Å²) < 4.78 is 14.8. The van der Waals surface area contributed by atoms with Crippen molar-refractivity contribution in [3.05, 3.63) is 47.5 Å². The summed E-state index contributed by atoms with van der Waals surface area (Å²) in [5.74, 6) is -1.08. The Morgan fingerprint density at radius 2 is 2.06 bits per heavy atom. The van der Waals surface area contributed by atoms with Crippen molar-refractivity contribution >= 4 is 17.2 Å². The lowest BCUT2D eigenvalue weighted by molar-refractivity contribution is 0.432. The van der Waals surface area contributed by atoms with Gasteiger partial charge in [0.05, 0.1) is 11.9 Å². The van der Waals surface area contributed by atoms with E-state index >= 15 is 0 Å². The van der Waals surface area contributed by atoms with Crippen molar-refractivity contribution in [1.82, 2.24) is 14.6 Å². The summed E-state index contributed by atoms with van der Waals surface area (Å²) in [6, 6.07) is 7.45. The van der Waals surface area contributed by atoms with Crippen molar-refractivity contribution in [3.63, 3.8) is 0 Å². The lowest BCUT2D eigenvalue weighted by Gasteiger charge is -2.02. The molecule has 0 fully saturated rings. The molecule has 3 rings (SSSR count). The standard InChI is InChI=1S/C12H7ClFN3O/c13-11-3-4-12-15-6-9(17(12)16-11)7-1-2-10(18)8(14)5-7/h1-6,18H. The number of imidazole rings is 1. The zero-order valence-corrected chi connectivity index (χ0v) is 9.76. The number of hydrogen-bond donors (Lipinski definition) is 1. The molecular formula is C12H7ClFN3O. The molecule has 18 heavy (non-hydrogen) atoms. The largest absolute Gasteiger partial charge is 0.505 e. The average molecular weight is 264 g/mol. The molecule has 2 aromatic heterocycles. The molecule has 1 N–H and O–H groups in total. The second-order valence-electron chi connectivity index (χ2n) is 3.74. The number of phenolic OH excluding ortho intramolecular Hbond substituents is 1. The summed E-state index contributed by atoms with van der Waals surface area (Å²) in [4.78, 5) is 4.15. The minimum atomic E-state index is -0.690. The van der Waals surface area contributed by atoms with Gasteiger partial charge in [-0.05, 0) is 30.3 Å². The number of hydrogen-bond acceptors (Lipinski definition) is 3. The maximum atomic E-state index is 13.3. The summed E-state index contributed by atoms with van der Waals surface area (Å²) in [6.07, 6.45) is 1.57. The van der Waals surface area contributed by atoms with Gasteiger partial charge in [0.2, 0.25) is 0 Å². The van der Waals surface area contributed by atoms with Crippen LogP contribution in [-0.2, 0) is 0 Å². The van der Waals surface area contributed by atoms with Crippen molar-refractivity contribution < 1.29 is 9.50 Å². The van der Waals surface area contributed by atoms with Gasteiger partial charge < -0.3 is 5.11 Å². The van der Waals surface area contributed by atoms with Crippen LogP contribution in [0.3, 0.4) is 0 Å². The molecule has 90 valence electrons. The van der Waals surface area contributed by atoms with Gasteiger partial charge in [0.15, 0.2) is 17.2 Å². The van der Waals surface area contributed by atoms with Crippen LogP contribution in [0.15, 0.2) is 36.5 Å². The van der Waals surface area contributed by atoms with Gasteiger partial charge in [-0.25, -0.2) is 13.9 Å². The molecule has 0 bridgehead atoms. The molecule has 0 unspecified atom stereocenters. The molecule has 3 aromatic rings. The Bertz CT molecular complexity index is 741. The molecule has 0 saturated heterocycles. The van der Waals surface area contributed by atoms with E-state index in [-0.39, 0.29) is 0 Å². The SMILES string of the molecule is Oc1ccc(-c2cnc3ccc(Cl)nn23)cc1F. The third-order valence-corrected chi connectivity index (χ3v) is 2.77. The van der Waals surface area contributed by atoms with E-state index in [1.54, 1.807) is 24.4 Å². The molecule has 0 radical (unpaired) electrons. The van der Waals surface area contributed by atoms with E-state index in [1.165, 1.54) is 16.6 Å². The molecule has 0 spiro atoms. The van der Waals surface area contributed by atoms with Crippen molar-refractivity contribution in [2.45, 2.75) is 0 Å². The average Bonchev–Trinajstić information content (AvgIpc) is 2.75. The molecule has 2 heterocycles. The molecule has 6 heteroatoms. The van der Waals surface area contributed by atoms with Crippen molar-refractivity contribution in [3.8, 4) is 17.0 Å². The third kappa shape index (κ3) is 1.69. The summed E-state index contributed by atoms with van der Waals surface area (Å²) in [5, 5.41) is 13.6. The highest BCUT2D eigenvalue weighted by atomic mass is 35.5. The number of fused-ring (bicyclic) bond motifs is 1. The van der Waals surface area contributed by atoms with Crippen LogP contribution in [0, 0.1) is 5.82 Å². The van der Waals surface area contributed by atoms with Crippen LogP contribution >= 0.6 is 11.6 Å². The quantitative estimate of drug-likeness (QED) is 0.734. The van der Waals surface area contributed by atoms with E-state index in [1.807, 2.05) is 0 Å². The predicted octanol–water partition coefficient (Wildman–Crippen LogP) is 2.89. The zero-order chi connectivity index (χ0) is 12.7. The van der Waals surface area contributed by atoms with E-state index in [0.717, 1.165) is 0 Å². The Hall–Kier alpha value is -2.14. The smallest absolute Gasteiger partial charge is 0.165 e. The van der Waals surface area contributed by atoms with Gasteiger partial charge in [0, 0.05) is 5.56 Å². The van der Waals surface area contributed by atoms with Crippen molar-refractivity contribution in [1.29, 1.82) is 0 Å². The van der Waals surface area contributed by atoms with Gasteiger partial charge in [0.25, 0.3) is 0 Å². The van der Waals surface area contributed by atoms with Crippen LogP contribution in [0.1, 0.15) is 0 Å². The van der Waals surface area contributed by atoms with Crippen LogP contribution in [0.4, 0.5) is 4.39 Å². The topological polar surface area (TPSA) is 50.4 Å². The number of nitrogens with zero attached hydrogens (tertiary/aromatic N) is 3. The number of aromatic nitrogens is 3. The predicted molar refractivity (Wildman–Crippen MR) is 65.1 cm³/mol. The summed E-state index contributed by atoms with van der Waals surface area (Å²) >= 11 is 5.82. The number of benzene rings is 1. The van der Waals surface area contributed by atoms with E-state index in [0.29, 0.717) is 22.1 Å². The summed E-state index contributed by atoms with van der Waals surface area (Å²) in [7, 11) is 0. The monoisotopic (exact) mass is 263 g/mol. The normalized spacial score (nSPS) is 11.0. The molecule has 0 aliphatic heterocycles.